The van der Waals surface area contributed by atoms with E-state index < -0.39 is 4.92 Å². The van der Waals surface area contributed by atoms with Crippen LogP contribution in [-0.4, -0.2) is 12.0 Å². The molecule has 0 aliphatic carbocycles. The molecule has 0 fully saturated rings. The summed E-state index contributed by atoms with van der Waals surface area (Å²) in [6.45, 7) is 4.00. The van der Waals surface area contributed by atoms with Gasteiger partial charge in [-0.25, -0.2) is 0 Å². The second-order valence-electron chi connectivity index (χ2n) is 4.84. The Morgan fingerprint density at radius 2 is 1.90 bits per heavy atom. The normalized spacial score (nSPS) is 11.8. The van der Waals surface area contributed by atoms with Gasteiger partial charge in [0.1, 0.15) is 5.69 Å². The molecule has 0 bridgehead atoms. The number of aryl methyl sites for hydroxylation is 1. The average molecular weight is 286 g/mol. The van der Waals surface area contributed by atoms with Crippen LogP contribution in [0.1, 0.15) is 24.1 Å². The molecule has 0 aliphatic rings. The summed E-state index contributed by atoms with van der Waals surface area (Å²) in [5, 5.41) is 14.5. The third-order valence-corrected chi connectivity index (χ3v) is 3.43. The van der Waals surface area contributed by atoms with Crippen LogP contribution < -0.4 is 10.1 Å². The molecular weight excluding hydrogens is 268 g/mol. The molecule has 1 atom stereocenters. The number of nitro benzene ring substituents is 1. The number of para-hydroxylation sites is 1. The van der Waals surface area contributed by atoms with Gasteiger partial charge in [-0.05, 0) is 37.1 Å². The standard InChI is InChI=1S/C16H18N2O3/c1-11-7-4-5-8-13(11)12(2)17-14-9-6-10-15(21-3)16(14)18(19)20/h4-10,12,17H,1-3H3. The number of hydrogen-bond donors (Lipinski definition) is 1. The van der Waals surface area contributed by atoms with Gasteiger partial charge in [0, 0.05) is 6.04 Å². The van der Waals surface area contributed by atoms with E-state index in [4.69, 9.17) is 4.74 Å². The lowest BCUT2D eigenvalue weighted by atomic mass is 10.0. The molecular formula is C16H18N2O3. The maximum atomic E-state index is 11.3. The van der Waals surface area contributed by atoms with Gasteiger partial charge in [0.05, 0.1) is 12.0 Å². The molecule has 5 heteroatoms. The van der Waals surface area contributed by atoms with E-state index in [-0.39, 0.29) is 17.5 Å². The number of rotatable bonds is 5. The molecule has 21 heavy (non-hydrogen) atoms. The molecule has 0 radical (unpaired) electrons. The zero-order valence-electron chi connectivity index (χ0n) is 12.3. The second-order valence-corrected chi connectivity index (χ2v) is 4.84. The van der Waals surface area contributed by atoms with Crippen LogP contribution >= 0.6 is 0 Å². The molecule has 1 unspecified atom stereocenters. The summed E-state index contributed by atoms with van der Waals surface area (Å²) >= 11 is 0. The minimum absolute atomic E-state index is 0.0413. The summed E-state index contributed by atoms with van der Waals surface area (Å²) in [5.41, 5.74) is 2.66. The lowest BCUT2D eigenvalue weighted by molar-refractivity contribution is -0.384. The molecule has 0 aliphatic heterocycles. The second kappa shape index (κ2) is 6.26. The predicted molar refractivity (Wildman–Crippen MR) is 82.9 cm³/mol. The lowest BCUT2D eigenvalue weighted by Gasteiger charge is -2.18. The van der Waals surface area contributed by atoms with Gasteiger partial charge in [0.15, 0.2) is 5.75 Å². The summed E-state index contributed by atoms with van der Waals surface area (Å²) < 4.78 is 5.08. The largest absolute Gasteiger partial charge is 0.490 e. The van der Waals surface area contributed by atoms with Crippen LogP contribution in [0.15, 0.2) is 42.5 Å². The third-order valence-electron chi connectivity index (χ3n) is 3.43. The van der Waals surface area contributed by atoms with Crippen molar-refractivity contribution in [2.45, 2.75) is 19.9 Å². The number of anilines is 1. The Hall–Kier alpha value is -2.56. The fraction of sp³-hybridized carbons (Fsp3) is 0.250. The average Bonchev–Trinajstić information content (AvgIpc) is 2.46. The molecule has 5 nitrogen and oxygen atoms in total. The van der Waals surface area contributed by atoms with Gasteiger partial charge in [-0.1, -0.05) is 30.3 Å². The Labute approximate surface area is 123 Å². The fourth-order valence-corrected chi connectivity index (χ4v) is 2.38. The third kappa shape index (κ3) is 3.13. The number of methoxy groups -OCH3 is 1. The van der Waals surface area contributed by atoms with Crippen LogP contribution in [0, 0.1) is 17.0 Å². The molecule has 0 saturated heterocycles. The number of ether oxygens (including phenoxy) is 1. The van der Waals surface area contributed by atoms with E-state index in [9.17, 15) is 10.1 Å². The van der Waals surface area contributed by atoms with Crippen molar-refractivity contribution in [3.63, 3.8) is 0 Å². The molecule has 2 rings (SSSR count). The van der Waals surface area contributed by atoms with Crippen molar-refractivity contribution in [1.29, 1.82) is 0 Å². The lowest BCUT2D eigenvalue weighted by Crippen LogP contribution is -2.10. The minimum atomic E-state index is -0.425. The quantitative estimate of drug-likeness (QED) is 0.664. The highest BCUT2D eigenvalue weighted by Crippen LogP contribution is 2.36. The summed E-state index contributed by atoms with van der Waals surface area (Å²) in [6.07, 6.45) is 0. The van der Waals surface area contributed by atoms with E-state index in [0.717, 1.165) is 11.1 Å². The van der Waals surface area contributed by atoms with Crippen molar-refractivity contribution in [3.05, 3.63) is 63.7 Å². The van der Waals surface area contributed by atoms with Crippen molar-refractivity contribution in [3.8, 4) is 5.75 Å². The number of hydrogen-bond acceptors (Lipinski definition) is 4. The van der Waals surface area contributed by atoms with Gasteiger partial charge in [-0.2, -0.15) is 0 Å². The first-order chi connectivity index (χ1) is 10.0. The molecule has 2 aromatic carbocycles. The highest BCUT2D eigenvalue weighted by atomic mass is 16.6. The van der Waals surface area contributed by atoms with Gasteiger partial charge in [0.2, 0.25) is 0 Å². The first-order valence-corrected chi connectivity index (χ1v) is 6.68. The highest BCUT2D eigenvalue weighted by molar-refractivity contribution is 5.69. The molecule has 110 valence electrons. The van der Waals surface area contributed by atoms with Crippen LogP contribution in [0.25, 0.3) is 0 Å². The van der Waals surface area contributed by atoms with Gasteiger partial charge in [0.25, 0.3) is 0 Å². The zero-order valence-corrected chi connectivity index (χ0v) is 12.3. The van der Waals surface area contributed by atoms with Crippen molar-refractivity contribution < 1.29 is 9.66 Å². The van der Waals surface area contributed by atoms with Crippen molar-refractivity contribution >= 4 is 11.4 Å². The van der Waals surface area contributed by atoms with E-state index in [1.54, 1.807) is 18.2 Å². The monoisotopic (exact) mass is 286 g/mol. The van der Waals surface area contributed by atoms with Crippen LogP contribution in [0.4, 0.5) is 11.4 Å². The van der Waals surface area contributed by atoms with Crippen LogP contribution in [0.3, 0.4) is 0 Å². The van der Waals surface area contributed by atoms with E-state index in [0.29, 0.717) is 5.69 Å². The van der Waals surface area contributed by atoms with Crippen LogP contribution in [0.5, 0.6) is 5.75 Å². The summed E-state index contributed by atoms with van der Waals surface area (Å²) in [4.78, 5) is 10.8. The topological polar surface area (TPSA) is 64.4 Å². The fourth-order valence-electron chi connectivity index (χ4n) is 2.38. The smallest absolute Gasteiger partial charge is 0.333 e. The Kier molecular flexibility index (Phi) is 4.42. The molecule has 0 heterocycles. The molecule has 0 aromatic heterocycles. The van der Waals surface area contributed by atoms with Crippen molar-refractivity contribution in [1.82, 2.24) is 0 Å². The first kappa shape index (κ1) is 14.8. The number of nitro groups is 1. The Bertz CT molecular complexity index is 656. The summed E-state index contributed by atoms with van der Waals surface area (Å²) in [7, 11) is 1.43. The maximum Gasteiger partial charge on any atom is 0.333 e. The molecule has 1 N–H and O–H groups in total. The van der Waals surface area contributed by atoms with Gasteiger partial charge < -0.3 is 10.1 Å². The summed E-state index contributed by atoms with van der Waals surface area (Å²) in [5.74, 6) is 0.252. The molecule has 0 amide bonds. The van der Waals surface area contributed by atoms with Gasteiger partial charge in [-0.15, -0.1) is 0 Å². The van der Waals surface area contributed by atoms with Gasteiger partial charge >= 0.3 is 5.69 Å². The first-order valence-electron chi connectivity index (χ1n) is 6.68. The summed E-state index contributed by atoms with van der Waals surface area (Å²) in [6, 6.07) is 12.9. The molecule has 2 aromatic rings. The van der Waals surface area contributed by atoms with E-state index in [1.165, 1.54) is 7.11 Å². The van der Waals surface area contributed by atoms with Crippen LogP contribution in [0.2, 0.25) is 0 Å². The number of benzene rings is 2. The maximum absolute atomic E-state index is 11.3. The Morgan fingerprint density at radius 3 is 2.52 bits per heavy atom. The number of nitrogens with zero attached hydrogens (tertiary/aromatic N) is 1. The van der Waals surface area contributed by atoms with Crippen molar-refractivity contribution in [2.24, 2.45) is 0 Å². The molecule has 0 spiro atoms. The Balaban J connectivity index is 2.36. The molecule has 0 saturated carbocycles. The van der Waals surface area contributed by atoms with E-state index in [1.807, 2.05) is 38.1 Å². The predicted octanol–water partition coefficient (Wildman–Crippen LogP) is 4.08. The zero-order chi connectivity index (χ0) is 15.4. The number of nitrogens with one attached hydrogen (secondary N) is 1. The van der Waals surface area contributed by atoms with Gasteiger partial charge in [-0.3, -0.25) is 10.1 Å². The van der Waals surface area contributed by atoms with Crippen LogP contribution in [-0.2, 0) is 0 Å². The van der Waals surface area contributed by atoms with E-state index in [2.05, 4.69) is 5.32 Å². The highest BCUT2D eigenvalue weighted by Gasteiger charge is 2.22. The SMILES string of the molecule is COc1cccc(NC(C)c2ccccc2C)c1[N+](=O)[O-]. The Morgan fingerprint density at radius 1 is 1.19 bits per heavy atom. The van der Waals surface area contributed by atoms with Crippen molar-refractivity contribution in [2.75, 3.05) is 12.4 Å². The van der Waals surface area contributed by atoms with E-state index >= 15 is 0 Å². The minimum Gasteiger partial charge on any atom is -0.490 e.